The number of hydrogen-bond donors (Lipinski definition) is 2. The van der Waals surface area contributed by atoms with Crippen molar-refractivity contribution < 1.29 is 19.0 Å². The molecule has 1 atom stereocenters. The number of hydrogen-bond acceptors (Lipinski definition) is 5. The van der Waals surface area contributed by atoms with Gasteiger partial charge in [0.1, 0.15) is 6.61 Å². The Balaban J connectivity index is 1.45. The monoisotopic (exact) mass is 336 g/mol. The van der Waals surface area contributed by atoms with Gasteiger partial charge in [0.05, 0.1) is 6.04 Å². The number of alkyl carbamates (subject to hydrolysis) is 1. The van der Waals surface area contributed by atoms with Gasteiger partial charge in [-0.25, -0.2) is 4.79 Å². The van der Waals surface area contributed by atoms with E-state index in [1.165, 1.54) is 0 Å². The van der Waals surface area contributed by atoms with Crippen molar-refractivity contribution in [1.29, 1.82) is 0 Å². The fourth-order valence-electron chi connectivity index (χ4n) is 2.49. The number of nitrogens with one attached hydrogen (secondary N) is 1. The Kier molecular flexibility index (Phi) is 8.01. The van der Waals surface area contributed by atoms with Gasteiger partial charge in [0.15, 0.2) is 12.6 Å². The molecule has 0 radical (unpaired) electrons. The van der Waals surface area contributed by atoms with Crippen LogP contribution in [0.3, 0.4) is 0 Å². The predicted octanol–water partition coefficient (Wildman–Crippen LogP) is 2.91. The van der Waals surface area contributed by atoms with Crippen LogP contribution in [0.25, 0.3) is 0 Å². The van der Waals surface area contributed by atoms with Gasteiger partial charge in [-0.1, -0.05) is 43.7 Å². The van der Waals surface area contributed by atoms with Crippen molar-refractivity contribution in [2.45, 2.75) is 64.3 Å². The van der Waals surface area contributed by atoms with Crippen molar-refractivity contribution in [3.63, 3.8) is 0 Å². The van der Waals surface area contributed by atoms with E-state index in [1.807, 2.05) is 30.3 Å². The van der Waals surface area contributed by atoms with Gasteiger partial charge < -0.3 is 25.3 Å². The summed E-state index contributed by atoms with van der Waals surface area (Å²) in [5.74, 6) is 0. The molecule has 0 unspecified atom stereocenters. The van der Waals surface area contributed by atoms with Crippen LogP contribution in [0.1, 0.15) is 44.6 Å². The maximum absolute atomic E-state index is 11.6. The number of amides is 1. The van der Waals surface area contributed by atoms with Crippen LogP contribution >= 0.6 is 0 Å². The largest absolute Gasteiger partial charge is 0.445 e. The molecule has 1 heterocycles. The minimum absolute atomic E-state index is 0.0768. The van der Waals surface area contributed by atoms with Crippen LogP contribution in [0.2, 0.25) is 0 Å². The third-order valence-corrected chi connectivity index (χ3v) is 3.89. The second-order valence-electron chi connectivity index (χ2n) is 6.01. The Labute approximate surface area is 143 Å². The number of benzene rings is 1. The zero-order valence-electron chi connectivity index (χ0n) is 14.3. The molecule has 6 nitrogen and oxygen atoms in total. The molecule has 1 saturated heterocycles. The van der Waals surface area contributed by atoms with E-state index < -0.39 is 6.09 Å². The molecule has 3 N–H and O–H groups in total. The summed E-state index contributed by atoms with van der Waals surface area (Å²) in [6.07, 6.45) is 3.77. The van der Waals surface area contributed by atoms with Crippen LogP contribution in [0.15, 0.2) is 30.3 Å². The van der Waals surface area contributed by atoms with Gasteiger partial charge in [-0.15, -0.1) is 0 Å². The quantitative estimate of drug-likeness (QED) is 0.642. The summed E-state index contributed by atoms with van der Waals surface area (Å²) in [4.78, 5) is 11.6. The minimum Gasteiger partial charge on any atom is -0.445 e. The molecule has 0 bridgehead atoms. The number of unbranched alkanes of at least 4 members (excludes halogenated alkanes) is 1. The lowest BCUT2D eigenvalue weighted by Crippen LogP contribution is -2.51. The Morgan fingerprint density at radius 2 is 2.04 bits per heavy atom. The topological polar surface area (TPSA) is 82.8 Å². The van der Waals surface area contributed by atoms with E-state index in [-0.39, 0.29) is 25.2 Å². The average molecular weight is 336 g/mol. The zero-order valence-corrected chi connectivity index (χ0v) is 14.3. The summed E-state index contributed by atoms with van der Waals surface area (Å²) >= 11 is 0. The first-order valence-corrected chi connectivity index (χ1v) is 8.70. The summed E-state index contributed by atoms with van der Waals surface area (Å²) in [5, 5.41) is 2.74. The van der Waals surface area contributed by atoms with Crippen molar-refractivity contribution in [2.24, 2.45) is 5.73 Å². The fourth-order valence-corrected chi connectivity index (χ4v) is 2.49. The Hall–Kier alpha value is -1.63. The highest BCUT2D eigenvalue weighted by atomic mass is 16.9. The number of ether oxygens (including phenoxy) is 3. The lowest BCUT2D eigenvalue weighted by Gasteiger charge is -2.39. The highest BCUT2D eigenvalue weighted by Crippen LogP contribution is 2.24. The van der Waals surface area contributed by atoms with Gasteiger partial charge in [0, 0.05) is 6.54 Å². The molecule has 1 aliphatic rings. The third-order valence-electron chi connectivity index (χ3n) is 3.89. The van der Waals surface area contributed by atoms with E-state index >= 15 is 0 Å². The zero-order chi connectivity index (χ0) is 17.2. The summed E-state index contributed by atoms with van der Waals surface area (Å²) < 4.78 is 16.3. The molecule has 1 amide bonds. The summed E-state index contributed by atoms with van der Waals surface area (Å²) in [5.41, 5.74) is 7.00. The van der Waals surface area contributed by atoms with Gasteiger partial charge in [0.2, 0.25) is 0 Å². The van der Waals surface area contributed by atoms with Crippen LogP contribution < -0.4 is 11.1 Å². The van der Waals surface area contributed by atoms with Crippen LogP contribution in [-0.2, 0) is 20.8 Å². The van der Waals surface area contributed by atoms with Gasteiger partial charge in [0.25, 0.3) is 0 Å². The lowest BCUT2D eigenvalue weighted by molar-refractivity contribution is -0.390. The molecule has 0 aliphatic carbocycles. The number of carbonyl (C=O) groups excluding carboxylic acids is 1. The smallest absolute Gasteiger partial charge is 0.407 e. The summed E-state index contributed by atoms with van der Waals surface area (Å²) in [7, 11) is 0. The second kappa shape index (κ2) is 10.3. The third kappa shape index (κ3) is 6.47. The maximum atomic E-state index is 11.6. The first kappa shape index (κ1) is 18.7. The van der Waals surface area contributed by atoms with Crippen molar-refractivity contribution in [1.82, 2.24) is 5.32 Å². The minimum atomic E-state index is -0.392. The SMILES string of the molecule is CCCC1OC([C@@H](N)CCCCNC(=O)OCc2ccccc2)O1. The van der Waals surface area contributed by atoms with Crippen molar-refractivity contribution >= 4 is 6.09 Å². The van der Waals surface area contributed by atoms with Gasteiger partial charge in [-0.2, -0.15) is 0 Å². The predicted molar refractivity (Wildman–Crippen MR) is 91.1 cm³/mol. The van der Waals surface area contributed by atoms with E-state index in [4.69, 9.17) is 19.9 Å². The number of nitrogens with two attached hydrogens (primary N) is 1. The number of rotatable bonds is 10. The molecule has 0 spiro atoms. The highest BCUT2D eigenvalue weighted by molar-refractivity contribution is 5.67. The standard InChI is InChI=1S/C18H28N2O4/c1-2-8-16-23-17(24-16)15(19)11-6-7-12-20-18(21)22-13-14-9-4-3-5-10-14/h3-5,9-10,15-17H,2,6-8,11-13,19H2,1H3,(H,20,21)/t15-,16?,17?/m0/s1. The molecule has 1 fully saturated rings. The molecule has 0 aromatic heterocycles. The van der Waals surface area contributed by atoms with Crippen molar-refractivity contribution in [2.75, 3.05) is 6.54 Å². The lowest BCUT2D eigenvalue weighted by atomic mass is 10.1. The van der Waals surface area contributed by atoms with Crippen LogP contribution in [0.4, 0.5) is 4.79 Å². The second-order valence-corrected chi connectivity index (χ2v) is 6.01. The highest BCUT2D eigenvalue weighted by Gasteiger charge is 2.34. The molecule has 24 heavy (non-hydrogen) atoms. The fraction of sp³-hybridized carbons (Fsp3) is 0.611. The maximum Gasteiger partial charge on any atom is 0.407 e. The van der Waals surface area contributed by atoms with Crippen molar-refractivity contribution in [3.05, 3.63) is 35.9 Å². The van der Waals surface area contributed by atoms with Crippen LogP contribution in [0.5, 0.6) is 0 Å². The first-order valence-electron chi connectivity index (χ1n) is 8.70. The van der Waals surface area contributed by atoms with Crippen LogP contribution in [-0.4, -0.2) is 31.3 Å². The molecular formula is C18H28N2O4. The molecule has 1 aromatic carbocycles. The Bertz CT molecular complexity index is 477. The number of carbonyl (C=O) groups is 1. The molecule has 1 aliphatic heterocycles. The normalized spacial score (nSPS) is 20.9. The van der Waals surface area contributed by atoms with Gasteiger partial charge in [-0.3, -0.25) is 0 Å². The van der Waals surface area contributed by atoms with E-state index in [0.717, 1.165) is 37.7 Å². The Morgan fingerprint density at radius 3 is 2.75 bits per heavy atom. The first-order chi connectivity index (χ1) is 11.7. The van der Waals surface area contributed by atoms with Gasteiger partial charge in [-0.05, 0) is 31.2 Å². The van der Waals surface area contributed by atoms with Gasteiger partial charge >= 0.3 is 6.09 Å². The molecule has 1 aromatic rings. The van der Waals surface area contributed by atoms with Crippen LogP contribution in [0, 0.1) is 0 Å². The van der Waals surface area contributed by atoms with E-state index in [1.54, 1.807) is 0 Å². The molecule has 6 heteroatoms. The van der Waals surface area contributed by atoms with E-state index in [0.29, 0.717) is 6.54 Å². The average Bonchev–Trinajstić information content (AvgIpc) is 2.56. The van der Waals surface area contributed by atoms with E-state index in [2.05, 4.69) is 12.2 Å². The Morgan fingerprint density at radius 1 is 1.29 bits per heavy atom. The molecule has 134 valence electrons. The molecular weight excluding hydrogens is 308 g/mol. The molecule has 2 rings (SSSR count). The summed E-state index contributed by atoms with van der Waals surface area (Å²) in [6.45, 7) is 2.95. The van der Waals surface area contributed by atoms with E-state index in [9.17, 15) is 4.79 Å². The van der Waals surface area contributed by atoms with Crippen molar-refractivity contribution in [3.8, 4) is 0 Å². The molecule has 0 saturated carbocycles. The summed E-state index contributed by atoms with van der Waals surface area (Å²) in [6, 6.07) is 9.50.